The molecule has 0 aromatic carbocycles. The maximum atomic E-state index is 12.5. The van der Waals surface area contributed by atoms with E-state index in [1.54, 1.807) is 0 Å². The molecule has 0 saturated carbocycles. The normalized spacial score (nSPS) is 14.1. The summed E-state index contributed by atoms with van der Waals surface area (Å²) in [6.07, 6.45) is 41.2. The summed E-state index contributed by atoms with van der Waals surface area (Å²) >= 11 is 0. The van der Waals surface area contributed by atoms with Crippen molar-refractivity contribution in [2.75, 3.05) is 26.4 Å². The van der Waals surface area contributed by atoms with Crippen LogP contribution in [0.4, 0.5) is 0 Å². The monoisotopic (exact) mass is 723 g/mol. The van der Waals surface area contributed by atoms with Gasteiger partial charge in [-0.1, -0.05) is 132 Å². The van der Waals surface area contributed by atoms with Gasteiger partial charge in [-0.25, -0.2) is 4.57 Å². The van der Waals surface area contributed by atoms with E-state index in [4.69, 9.17) is 24.3 Å². The molecule has 50 heavy (non-hydrogen) atoms. The van der Waals surface area contributed by atoms with Gasteiger partial charge >= 0.3 is 19.8 Å². The molecule has 3 N–H and O–H groups in total. The molecule has 0 aromatic heterocycles. The van der Waals surface area contributed by atoms with Gasteiger partial charge in [0.1, 0.15) is 6.61 Å². The highest BCUT2D eigenvalue weighted by molar-refractivity contribution is 7.47. The maximum Gasteiger partial charge on any atom is 0.472 e. The Morgan fingerprint density at radius 1 is 0.620 bits per heavy atom. The van der Waals surface area contributed by atoms with Gasteiger partial charge in [-0.2, -0.15) is 0 Å². The van der Waals surface area contributed by atoms with E-state index in [1.165, 1.54) is 38.5 Å². The topological polar surface area (TPSA) is 134 Å². The number of nitrogens with two attached hydrogens (primary N) is 1. The number of phosphoric acid groups is 1. The first kappa shape index (κ1) is 47.7. The summed E-state index contributed by atoms with van der Waals surface area (Å²) in [7, 11) is -4.39. The van der Waals surface area contributed by atoms with Crippen molar-refractivity contribution in [1.82, 2.24) is 0 Å². The maximum absolute atomic E-state index is 12.5. The van der Waals surface area contributed by atoms with Crippen molar-refractivity contribution in [2.24, 2.45) is 5.73 Å². The van der Waals surface area contributed by atoms with Crippen molar-refractivity contribution in [1.29, 1.82) is 0 Å². The fourth-order valence-corrected chi connectivity index (χ4v) is 5.58. The molecule has 0 aromatic rings. The third-order valence-electron chi connectivity index (χ3n) is 7.65. The van der Waals surface area contributed by atoms with Crippen molar-refractivity contribution >= 4 is 19.8 Å². The minimum absolute atomic E-state index is 0.0412. The van der Waals surface area contributed by atoms with Crippen LogP contribution in [0.1, 0.15) is 149 Å². The van der Waals surface area contributed by atoms with E-state index in [1.807, 2.05) is 12.2 Å². The molecule has 0 heterocycles. The van der Waals surface area contributed by atoms with Crippen molar-refractivity contribution in [2.45, 2.75) is 155 Å². The Labute approximate surface area is 304 Å². The Kier molecular flexibility index (Phi) is 34.8. The molecule has 0 aliphatic rings. The molecule has 0 spiro atoms. The number of phosphoric ester groups is 1. The molecular weight excluding hydrogens is 653 g/mol. The Morgan fingerprint density at radius 3 is 1.72 bits per heavy atom. The van der Waals surface area contributed by atoms with E-state index in [0.29, 0.717) is 12.8 Å². The lowest BCUT2D eigenvalue weighted by atomic mass is 10.1. The summed E-state index contributed by atoms with van der Waals surface area (Å²) in [5.41, 5.74) is 5.32. The minimum atomic E-state index is -4.39. The Bertz CT molecular complexity index is 1010. The Morgan fingerprint density at radius 2 is 1.14 bits per heavy atom. The van der Waals surface area contributed by atoms with E-state index in [-0.39, 0.29) is 32.6 Å². The lowest BCUT2D eigenvalue weighted by molar-refractivity contribution is -0.161. The number of esters is 2. The highest BCUT2D eigenvalue weighted by Crippen LogP contribution is 2.43. The first-order valence-corrected chi connectivity index (χ1v) is 20.8. The molecule has 0 bridgehead atoms. The molecule has 0 rings (SSSR count). The summed E-state index contributed by atoms with van der Waals surface area (Å²) < 4.78 is 32.6. The molecule has 0 saturated heterocycles. The summed E-state index contributed by atoms with van der Waals surface area (Å²) in [5.74, 6) is -0.929. The highest BCUT2D eigenvalue weighted by atomic mass is 31.2. The van der Waals surface area contributed by atoms with E-state index >= 15 is 0 Å². The van der Waals surface area contributed by atoms with Gasteiger partial charge in [0.05, 0.1) is 13.2 Å². The van der Waals surface area contributed by atoms with Crippen LogP contribution < -0.4 is 5.73 Å². The first-order valence-electron chi connectivity index (χ1n) is 19.3. The summed E-state index contributed by atoms with van der Waals surface area (Å²) in [5, 5.41) is 0. The van der Waals surface area contributed by atoms with Gasteiger partial charge in [0.15, 0.2) is 6.10 Å². The van der Waals surface area contributed by atoms with E-state index in [9.17, 15) is 19.0 Å². The van der Waals surface area contributed by atoms with Crippen LogP contribution in [-0.4, -0.2) is 49.3 Å². The third kappa shape index (κ3) is 35.5. The molecule has 0 amide bonds. The zero-order valence-corrected chi connectivity index (χ0v) is 32.3. The van der Waals surface area contributed by atoms with Crippen LogP contribution in [0.2, 0.25) is 0 Å². The van der Waals surface area contributed by atoms with Crippen LogP contribution >= 0.6 is 7.82 Å². The second kappa shape index (κ2) is 36.5. The number of ether oxygens (including phenoxy) is 2. The fourth-order valence-electron chi connectivity index (χ4n) is 4.82. The summed E-state index contributed by atoms with van der Waals surface area (Å²) in [6.45, 7) is 3.50. The molecule has 2 atom stereocenters. The van der Waals surface area contributed by atoms with E-state index < -0.39 is 32.5 Å². The van der Waals surface area contributed by atoms with Crippen LogP contribution in [0.3, 0.4) is 0 Å². The van der Waals surface area contributed by atoms with Crippen molar-refractivity contribution in [3.05, 3.63) is 60.8 Å². The van der Waals surface area contributed by atoms with Gasteiger partial charge in [-0.3, -0.25) is 18.6 Å². The molecule has 0 fully saturated rings. The second-order valence-electron chi connectivity index (χ2n) is 12.4. The van der Waals surface area contributed by atoms with Crippen LogP contribution in [0, 0.1) is 0 Å². The molecule has 9 nitrogen and oxygen atoms in total. The Hall–Kier alpha value is -2.29. The number of hydrogen-bond acceptors (Lipinski definition) is 8. The van der Waals surface area contributed by atoms with Crippen LogP contribution in [0.15, 0.2) is 60.8 Å². The lowest BCUT2D eigenvalue weighted by Crippen LogP contribution is -2.29. The van der Waals surface area contributed by atoms with Crippen LogP contribution in [0.5, 0.6) is 0 Å². The number of carbonyl (C=O) groups excluding carboxylic acids is 2. The zero-order valence-electron chi connectivity index (χ0n) is 31.4. The average Bonchev–Trinajstić information content (AvgIpc) is 3.10. The second-order valence-corrected chi connectivity index (χ2v) is 13.9. The van der Waals surface area contributed by atoms with Crippen LogP contribution in [-0.2, 0) is 32.7 Å². The van der Waals surface area contributed by atoms with Crippen molar-refractivity contribution in [3.63, 3.8) is 0 Å². The Balaban J connectivity index is 4.31. The smallest absolute Gasteiger partial charge is 0.462 e. The van der Waals surface area contributed by atoms with Gasteiger partial charge in [-0.05, 0) is 64.2 Å². The number of unbranched alkanes of at least 4 members (excludes halogenated alkanes) is 12. The van der Waals surface area contributed by atoms with Gasteiger partial charge in [0.25, 0.3) is 0 Å². The predicted octanol–water partition coefficient (Wildman–Crippen LogP) is 10.5. The molecule has 0 aliphatic carbocycles. The van der Waals surface area contributed by atoms with Gasteiger partial charge in [-0.15, -0.1) is 0 Å². The number of carbonyl (C=O) groups is 2. The standard InChI is InChI=1S/C40H70NO8P/c1-3-5-7-9-11-13-15-17-18-19-21-22-24-26-28-30-32-39(42)46-36-38(37-48-50(44,45)47-35-34-41)49-40(43)33-31-29-27-25-23-20-16-14-12-10-8-6-4-2/h5,7,11,13,17-18,20,23,27,29,38H,3-4,6,8-10,12,14-16,19,21-22,24-26,28,30-37,41H2,1-2H3,(H,44,45)/b7-5+,13-11+,18-17+,23-20+,29-27+. The zero-order chi connectivity index (χ0) is 36.8. The first-order chi connectivity index (χ1) is 24.3. The molecular formula is C40H70NO8P. The number of rotatable bonds is 35. The number of hydrogen-bond donors (Lipinski definition) is 2. The van der Waals surface area contributed by atoms with E-state index in [2.05, 4.69) is 62.5 Å². The van der Waals surface area contributed by atoms with Crippen molar-refractivity contribution in [3.8, 4) is 0 Å². The van der Waals surface area contributed by atoms with Crippen molar-refractivity contribution < 1.29 is 37.6 Å². The molecule has 0 radical (unpaired) electrons. The summed E-state index contributed by atoms with van der Waals surface area (Å²) in [6, 6.07) is 0. The third-order valence-corrected chi connectivity index (χ3v) is 8.64. The SMILES string of the molecule is CC/C=C/C/C=C/C/C=C/CCCCCCCCC(=O)OCC(COP(=O)(O)OCCN)OC(=O)CC/C=C/C/C=C/CCCCCCCC. The average molecular weight is 724 g/mol. The highest BCUT2D eigenvalue weighted by Gasteiger charge is 2.25. The quantitative estimate of drug-likeness (QED) is 0.0283. The van der Waals surface area contributed by atoms with Crippen LogP contribution in [0.25, 0.3) is 0 Å². The lowest BCUT2D eigenvalue weighted by Gasteiger charge is -2.19. The largest absolute Gasteiger partial charge is 0.472 e. The van der Waals surface area contributed by atoms with Gasteiger partial charge in [0.2, 0.25) is 0 Å². The predicted molar refractivity (Wildman–Crippen MR) is 206 cm³/mol. The summed E-state index contributed by atoms with van der Waals surface area (Å²) in [4.78, 5) is 34.7. The minimum Gasteiger partial charge on any atom is -0.462 e. The number of allylic oxidation sites excluding steroid dienone is 10. The van der Waals surface area contributed by atoms with Gasteiger partial charge < -0.3 is 20.1 Å². The molecule has 2 unspecified atom stereocenters. The van der Waals surface area contributed by atoms with E-state index in [0.717, 1.165) is 70.6 Å². The molecule has 0 aliphatic heterocycles. The molecule has 288 valence electrons. The molecule has 10 heteroatoms. The van der Waals surface area contributed by atoms with Gasteiger partial charge in [0, 0.05) is 19.4 Å². The fraction of sp³-hybridized carbons (Fsp3) is 0.700.